The van der Waals surface area contributed by atoms with Crippen LogP contribution in [-0.4, -0.2) is 39.5 Å². The second kappa shape index (κ2) is 8.12. The van der Waals surface area contributed by atoms with E-state index in [1.54, 1.807) is 0 Å². The molecular formula is C9H12O3Si4. The first-order valence-electron chi connectivity index (χ1n) is 4.83. The molecule has 7 heteroatoms. The first-order chi connectivity index (χ1) is 7.75. The SMILES string of the molecule is CC(C)[Si](O[Si]O[Si]O[Si])c1ccccc1. The van der Waals surface area contributed by atoms with E-state index in [2.05, 4.69) is 40.6 Å². The zero-order valence-corrected chi connectivity index (χ0v) is 13.2. The Balaban J connectivity index is 2.49. The third-order valence-corrected chi connectivity index (χ3v) is 6.02. The highest BCUT2D eigenvalue weighted by molar-refractivity contribution is 6.72. The van der Waals surface area contributed by atoms with Crippen molar-refractivity contribution < 1.29 is 12.3 Å². The molecule has 0 amide bonds. The Hall–Kier alpha value is -0.0325. The Morgan fingerprint density at radius 1 is 1.19 bits per heavy atom. The molecule has 0 saturated carbocycles. The van der Waals surface area contributed by atoms with Gasteiger partial charge in [0.25, 0.3) is 0 Å². The summed E-state index contributed by atoms with van der Waals surface area (Å²) in [4.78, 5) is 0. The lowest BCUT2D eigenvalue weighted by Gasteiger charge is -2.18. The lowest BCUT2D eigenvalue weighted by Crippen LogP contribution is -2.38. The van der Waals surface area contributed by atoms with Crippen molar-refractivity contribution in [3.05, 3.63) is 30.3 Å². The lowest BCUT2D eigenvalue weighted by atomic mass is 10.4. The lowest BCUT2D eigenvalue weighted by molar-refractivity contribution is 0.431. The van der Waals surface area contributed by atoms with Gasteiger partial charge >= 0.3 is 20.0 Å². The fraction of sp³-hybridized carbons (Fsp3) is 0.333. The van der Waals surface area contributed by atoms with Crippen LogP contribution in [0, 0.1) is 0 Å². The maximum atomic E-state index is 5.80. The highest BCUT2D eigenvalue weighted by Crippen LogP contribution is 2.08. The molecule has 0 unspecified atom stereocenters. The van der Waals surface area contributed by atoms with Gasteiger partial charge in [-0.1, -0.05) is 44.2 Å². The van der Waals surface area contributed by atoms with Gasteiger partial charge < -0.3 is 12.3 Å². The Bertz CT molecular complexity index is 283. The van der Waals surface area contributed by atoms with Crippen LogP contribution in [0.3, 0.4) is 0 Å². The summed E-state index contributed by atoms with van der Waals surface area (Å²) >= 11 is 0. The van der Waals surface area contributed by atoms with Gasteiger partial charge in [-0.05, 0) is 10.7 Å². The highest BCUT2D eigenvalue weighted by atomic mass is 28.4. The second-order valence-electron chi connectivity index (χ2n) is 3.36. The molecule has 0 spiro atoms. The first-order valence-corrected chi connectivity index (χ1v) is 8.36. The number of hydrogen-bond donors (Lipinski definition) is 0. The average Bonchev–Trinajstić information content (AvgIpc) is 2.30. The summed E-state index contributed by atoms with van der Waals surface area (Å²) in [6.07, 6.45) is 0. The van der Waals surface area contributed by atoms with Crippen molar-refractivity contribution in [2.24, 2.45) is 0 Å². The predicted octanol–water partition coefficient (Wildman–Crippen LogP) is 0.497. The molecule has 0 atom stereocenters. The van der Waals surface area contributed by atoms with Gasteiger partial charge in [0, 0.05) is 0 Å². The van der Waals surface area contributed by atoms with Gasteiger partial charge in [-0.3, -0.25) is 0 Å². The molecule has 8 radical (unpaired) electrons. The summed E-state index contributed by atoms with van der Waals surface area (Å²) in [7, 11) is 1.90. The van der Waals surface area contributed by atoms with Crippen molar-refractivity contribution >= 4 is 44.7 Å². The summed E-state index contributed by atoms with van der Waals surface area (Å²) in [5, 5.41) is 1.28. The van der Waals surface area contributed by atoms with Crippen LogP contribution >= 0.6 is 0 Å². The van der Waals surface area contributed by atoms with E-state index in [4.69, 9.17) is 8.23 Å². The van der Waals surface area contributed by atoms with E-state index in [0.717, 1.165) is 0 Å². The predicted molar refractivity (Wildman–Crippen MR) is 67.4 cm³/mol. The first kappa shape index (κ1) is 14.0. The van der Waals surface area contributed by atoms with Gasteiger partial charge in [0.2, 0.25) is 19.5 Å². The van der Waals surface area contributed by atoms with Crippen molar-refractivity contribution in [2.75, 3.05) is 0 Å². The molecular weight excluding hydrogens is 268 g/mol. The molecule has 0 aliphatic rings. The van der Waals surface area contributed by atoms with Crippen LogP contribution in [0.15, 0.2) is 30.3 Å². The third kappa shape index (κ3) is 4.87. The molecule has 0 aliphatic heterocycles. The van der Waals surface area contributed by atoms with Crippen LogP contribution in [0.5, 0.6) is 0 Å². The molecule has 0 aromatic heterocycles. The maximum absolute atomic E-state index is 5.80. The van der Waals surface area contributed by atoms with E-state index in [-0.39, 0.29) is 20.0 Å². The molecule has 0 fully saturated rings. The molecule has 82 valence electrons. The standard InChI is InChI=1S/C9H12O3Si4/c1-8(2)16(12-15-11-14-10-13)9-6-4-3-5-7-9/h3-8H,1-2H3. The van der Waals surface area contributed by atoms with Gasteiger partial charge in [0.05, 0.1) is 0 Å². The fourth-order valence-electron chi connectivity index (χ4n) is 1.22. The van der Waals surface area contributed by atoms with E-state index in [1.807, 2.05) is 18.2 Å². The number of hydrogen-bond acceptors (Lipinski definition) is 3. The molecule has 1 rings (SSSR count). The van der Waals surface area contributed by atoms with Crippen LogP contribution < -0.4 is 5.19 Å². The Morgan fingerprint density at radius 3 is 2.44 bits per heavy atom. The fourth-order valence-corrected chi connectivity index (χ4v) is 5.40. The van der Waals surface area contributed by atoms with E-state index in [9.17, 15) is 0 Å². The Labute approximate surface area is 107 Å². The Morgan fingerprint density at radius 2 is 1.88 bits per heavy atom. The minimum atomic E-state index is -0.999. The van der Waals surface area contributed by atoms with Crippen molar-refractivity contribution in [1.29, 1.82) is 0 Å². The topological polar surface area (TPSA) is 27.7 Å². The molecule has 0 aliphatic carbocycles. The van der Waals surface area contributed by atoms with Crippen LogP contribution in [0.4, 0.5) is 0 Å². The Kier molecular flexibility index (Phi) is 7.12. The monoisotopic (exact) mass is 280 g/mol. The molecule has 16 heavy (non-hydrogen) atoms. The smallest absolute Gasteiger partial charge is 0.411 e. The van der Waals surface area contributed by atoms with Crippen LogP contribution in [0.1, 0.15) is 13.8 Å². The van der Waals surface area contributed by atoms with Gasteiger partial charge in [-0.15, -0.1) is 0 Å². The molecule has 0 N–H and O–H groups in total. The van der Waals surface area contributed by atoms with Crippen LogP contribution in [0.25, 0.3) is 0 Å². The van der Waals surface area contributed by atoms with Gasteiger partial charge in [-0.25, -0.2) is 0 Å². The summed E-state index contributed by atoms with van der Waals surface area (Å²) in [5.41, 5.74) is 0.510. The zero-order valence-electron chi connectivity index (χ0n) is 9.19. The summed E-state index contributed by atoms with van der Waals surface area (Å²) in [6.45, 7) is 4.35. The van der Waals surface area contributed by atoms with Crippen LogP contribution in [0.2, 0.25) is 5.54 Å². The minimum absolute atomic E-state index is 0.0171. The molecule has 0 bridgehead atoms. The number of benzene rings is 1. The van der Waals surface area contributed by atoms with Crippen molar-refractivity contribution in [3.63, 3.8) is 0 Å². The van der Waals surface area contributed by atoms with Crippen LogP contribution in [-0.2, 0) is 12.3 Å². The van der Waals surface area contributed by atoms with Crippen molar-refractivity contribution in [3.8, 4) is 0 Å². The van der Waals surface area contributed by atoms with Crippen molar-refractivity contribution in [1.82, 2.24) is 0 Å². The van der Waals surface area contributed by atoms with Gasteiger partial charge in [0.1, 0.15) is 0 Å². The summed E-state index contributed by atoms with van der Waals surface area (Å²) in [5.74, 6) is 0. The molecule has 0 saturated heterocycles. The number of rotatable bonds is 7. The molecule has 1 aromatic carbocycles. The second-order valence-corrected chi connectivity index (χ2v) is 8.60. The summed E-state index contributed by atoms with van der Waals surface area (Å²) < 4.78 is 15.6. The maximum Gasteiger partial charge on any atom is 0.411 e. The largest absolute Gasteiger partial charge is 0.435 e. The van der Waals surface area contributed by atoms with E-state index < -0.39 is 9.04 Å². The van der Waals surface area contributed by atoms with E-state index in [1.165, 1.54) is 5.19 Å². The molecule has 1 aromatic rings. The quantitative estimate of drug-likeness (QED) is 0.538. The average molecular weight is 281 g/mol. The third-order valence-electron chi connectivity index (χ3n) is 1.86. The van der Waals surface area contributed by atoms with Gasteiger partial charge in [-0.2, -0.15) is 0 Å². The normalized spacial score (nSPS) is 11.3. The van der Waals surface area contributed by atoms with E-state index in [0.29, 0.717) is 5.54 Å². The van der Waals surface area contributed by atoms with Crippen molar-refractivity contribution in [2.45, 2.75) is 19.4 Å². The molecule has 0 heterocycles. The summed E-state index contributed by atoms with van der Waals surface area (Å²) in [6, 6.07) is 10.3. The minimum Gasteiger partial charge on any atom is -0.435 e. The zero-order chi connectivity index (χ0) is 11.8. The van der Waals surface area contributed by atoms with E-state index >= 15 is 0 Å². The van der Waals surface area contributed by atoms with Gasteiger partial charge in [0.15, 0.2) is 0 Å². The molecule has 3 nitrogen and oxygen atoms in total. The highest BCUT2D eigenvalue weighted by Gasteiger charge is 2.20.